The van der Waals surface area contributed by atoms with Crippen molar-refractivity contribution >= 4 is 31.9 Å². The second kappa shape index (κ2) is 8.34. The van der Waals surface area contributed by atoms with Crippen LogP contribution in [-0.2, 0) is 33.9 Å². The van der Waals surface area contributed by atoms with Crippen molar-refractivity contribution in [3.63, 3.8) is 0 Å². The summed E-state index contributed by atoms with van der Waals surface area (Å²) >= 11 is 0. The third-order valence-corrected chi connectivity index (χ3v) is 7.94. The van der Waals surface area contributed by atoms with Crippen LogP contribution in [0, 0.1) is 5.92 Å². The number of carbonyl (C=O) groups is 1. The first-order chi connectivity index (χ1) is 14.4. The van der Waals surface area contributed by atoms with Gasteiger partial charge in [-0.2, -0.15) is 21.6 Å². The zero-order chi connectivity index (χ0) is 23.0. The molecule has 1 aromatic rings. The first-order valence-electron chi connectivity index (χ1n) is 9.35. The van der Waals surface area contributed by atoms with Crippen LogP contribution in [0.5, 0.6) is 0 Å². The normalized spacial score (nSPS) is 19.7. The predicted octanol–water partition coefficient (Wildman–Crippen LogP) is 2.98. The van der Waals surface area contributed by atoms with E-state index in [4.69, 9.17) is 0 Å². The number of esters is 1. The lowest BCUT2D eigenvalue weighted by atomic mass is 9.89. The van der Waals surface area contributed by atoms with Crippen molar-refractivity contribution in [3.8, 4) is 0 Å². The van der Waals surface area contributed by atoms with Gasteiger partial charge in [0.1, 0.15) is 0 Å². The van der Waals surface area contributed by atoms with Gasteiger partial charge in [-0.05, 0) is 30.9 Å². The molecule has 8 nitrogen and oxygen atoms in total. The Bertz CT molecular complexity index is 1110. The lowest BCUT2D eigenvalue weighted by molar-refractivity contribution is -0.137. The standard InChI is InChI=1S/C18H20F3NO7S2/c1-28-17(23)15-16(29-31(26,27)18(19,20)21)13-9-5-6-10-14(13)30(24,25)22(15)11-12-7-3-2-4-8-12/h5-6,9-10,12H,2-4,7-8,11H2,1H3. The van der Waals surface area contributed by atoms with Crippen LogP contribution in [0.15, 0.2) is 34.9 Å². The van der Waals surface area contributed by atoms with Crippen LogP contribution in [0.25, 0.3) is 5.76 Å². The number of hydrogen-bond acceptors (Lipinski definition) is 7. The molecule has 0 aromatic heterocycles. The molecule has 1 aliphatic heterocycles. The Hall–Kier alpha value is -2.28. The van der Waals surface area contributed by atoms with Gasteiger partial charge in [-0.25, -0.2) is 13.2 Å². The molecule has 1 heterocycles. The SMILES string of the molecule is COC(=O)C1=C(OS(=O)(=O)C(F)(F)F)c2ccccc2S(=O)(=O)N1CC1CCCCC1. The number of benzene rings is 1. The van der Waals surface area contributed by atoms with E-state index in [0.717, 1.165) is 38.5 Å². The second-order valence-corrected chi connectivity index (χ2v) is 10.6. The number of fused-ring (bicyclic) bond motifs is 1. The molecule has 31 heavy (non-hydrogen) atoms. The molecule has 0 spiro atoms. The van der Waals surface area contributed by atoms with E-state index in [1.165, 1.54) is 12.1 Å². The van der Waals surface area contributed by atoms with E-state index in [2.05, 4.69) is 8.92 Å². The van der Waals surface area contributed by atoms with Gasteiger partial charge in [-0.3, -0.25) is 4.31 Å². The average Bonchev–Trinajstić information content (AvgIpc) is 2.71. The molecule has 0 amide bonds. The van der Waals surface area contributed by atoms with Crippen LogP contribution in [0.2, 0.25) is 0 Å². The molecule has 1 saturated carbocycles. The van der Waals surface area contributed by atoms with Gasteiger partial charge in [-0.1, -0.05) is 31.4 Å². The van der Waals surface area contributed by atoms with Gasteiger partial charge in [0.05, 0.1) is 12.0 Å². The quantitative estimate of drug-likeness (QED) is 0.360. The van der Waals surface area contributed by atoms with Crippen LogP contribution in [0.3, 0.4) is 0 Å². The fourth-order valence-corrected chi connectivity index (χ4v) is 5.90. The molecular weight excluding hydrogens is 463 g/mol. The van der Waals surface area contributed by atoms with Crippen molar-refractivity contribution in [1.82, 2.24) is 4.31 Å². The average molecular weight is 483 g/mol. The van der Waals surface area contributed by atoms with E-state index in [9.17, 15) is 34.8 Å². The number of sulfonamides is 1. The van der Waals surface area contributed by atoms with E-state index in [0.29, 0.717) is 17.1 Å². The van der Waals surface area contributed by atoms with Gasteiger partial charge in [0.25, 0.3) is 10.0 Å². The van der Waals surface area contributed by atoms with Gasteiger partial charge >= 0.3 is 21.6 Å². The first-order valence-corrected chi connectivity index (χ1v) is 12.2. The van der Waals surface area contributed by atoms with Crippen LogP contribution in [0.4, 0.5) is 13.2 Å². The van der Waals surface area contributed by atoms with Crippen LogP contribution in [-0.4, -0.2) is 46.3 Å². The summed E-state index contributed by atoms with van der Waals surface area (Å²) in [5.74, 6) is -2.54. The highest BCUT2D eigenvalue weighted by molar-refractivity contribution is 7.89. The fourth-order valence-electron chi connectivity index (χ4n) is 3.69. The molecule has 1 aliphatic carbocycles. The Labute approximate surface area is 177 Å². The van der Waals surface area contributed by atoms with Crippen molar-refractivity contribution in [2.75, 3.05) is 13.7 Å². The number of nitrogens with zero attached hydrogens (tertiary/aromatic N) is 1. The first kappa shape index (κ1) is 23.4. The van der Waals surface area contributed by atoms with Crippen LogP contribution in [0.1, 0.15) is 37.7 Å². The number of methoxy groups -OCH3 is 1. The largest absolute Gasteiger partial charge is 0.534 e. The summed E-state index contributed by atoms with van der Waals surface area (Å²) in [7, 11) is -9.69. The molecule has 0 atom stereocenters. The molecule has 0 N–H and O–H groups in total. The maximum Gasteiger partial charge on any atom is 0.534 e. The highest BCUT2D eigenvalue weighted by atomic mass is 32.2. The maximum atomic E-state index is 13.3. The van der Waals surface area contributed by atoms with Crippen LogP contribution < -0.4 is 0 Å². The summed E-state index contributed by atoms with van der Waals surface area (Å²) in [5, 5.41) is 0. The van der Waals surface area contributed by atoms with Gasteiger partial charge in [0.2, 0.25) is 0 Å². The molecule has 13 heteroatoms. The monoisotopic (exact) mass is 483 g/mol. The lowest BCUT2D eigenvalue weighted by Gasteiger charge is -2.35. The molecule has 3 rings (SSSR count). The highest BCUT2D eigenvalue weighted by Gasteiger charge is 2.51. The minimum absolute atomic E-state index is 0.172. The smallest absolute Gasteiger partial charge is 0.464 e. The zero-order valence-electron chi connectivity index (χ0n) is 16.4. The topological polar surface area (TPSA) is 107 Å². The predicted molar refractivity (Wildman–Crippen MR) is 102 cm³/mol. The fraction of sp³-hybridized carbons (Fsp3) is 0.500. The van der Waals surface area contributed by atoms with Gasteiger partial charge in [-0.15, -0.1) is 0 Å². The number of rotatable bonds is 5. The minimum Gasteiger partial charge on any atom is -0.464 e. The van der Waals surface area contributed by atoms with Crippen molar-refractivity contribution in [2.45, 2.75) is 42.5 Å². The van der Waals surface area contributed by atoms with Gasteiger partial charge in [0, 0.05) is 12.1 Å². The van der Waals surface area contributed by atoms with Crippen molar-refractivity contribution in [3.05, 3.63) is 35.5 Å². The zero-order valence-corrected chi connectivity index (χ0v) is 18.0. The molecule has 0 radical (unpaired) electrons. The summed E-state index contributed by atoms with van der Waals surface area (Å²) < 4.78 is 98.6. The molecule has 2 aliphatic rings. The van der Waals surface area contributed by atoms with Crippen molar-refractivity contribution in [2.24, 2.45) is 5.92 Å². The Morgan fingerprint density at radius 3 is 2.35 bits per heavy atom. The van der Waals surface area contributed by atoms with Crippen LogP contribution >= 0.6 is 0 Å². The lowest BCUT2D eigenvalue weighted by Crippen LogP contribution is -2.42. The molecule has 1 fully saturated rings. The number of halogens is 3. The highest BCUT2D eigenvalue weighted by Crippen LogP contribution is 2.41. The Balaban J connectivity index is 2.25. The summed E-state index contributed by atoms with van der Waals surface area (Å²) in [6, 6.07) is 4.78. The van der Waals surface area contributed by atoms with E-state index in [1.54, 1.807) is 0 Å². The molecule has 172 valence electrons. The Morgan fingerprint density at radius 2 is 1.77 bits per heavy atom. The third kappa shape index (κ3) is 4.38. The molecule has 0 unspecified atom stereocenters. The van der Waals surface area contributed by atoms with Gasteiger partial charge < -0.3 is 8.92 Å². The number of alkyl halides is 3. The maximum absolute atomic E-state index is 13.3. The second-order valence-electron chi connectivity index (χ2n) is 7.19. The van der Waals surface area contributed by atoms with E-state index < -0.39 is 53.5 Å². The minimum atomic E-state index is -6.20. The Kier molecular flexibility index (Phi) is 6.29. The number of hydrogen-bond donors (Lipinski definition) is 0. The van der Waals surface area contributed by atoms with E-state index in [1.807, 2.05) is 0 Å². The number of carbonyl (C=O) groups excluding carboxylic acids is 1. The molecule has 0 bridgehead atoms. The Morgan fingerprint density at radius 1 is 1.16 bits per heavy atom. The summed E-state index contributed by atoms with van der Waals surface area (Å²) in [6.07, 6.45) is 3.93. The molecule has 1 aromatic carbocycles. The summed E-state index contributed by atoms with van der Waals surface area (Å²) in [6.45, 7) is -0.222. The van der Waals surface area contributed by atoms with Crippen molar-refractivity contribution in [1.29, 1.82) is 0 Å². The molecule has 0 saturated heterocycles. The van der Waals surface area contributed by atoms with Crippen molar-refractivity contribution < 1.29 is 43.7 Å². The third-order valence-electron chi connectivity index (χ3n) is 5.17. The summed E-state index contributed by atoms with van der Waals surface area (Å²) in [5.41, 5.74) is -7.17. The van der Waals surface area contributed by atoms with E-state index in [-0.39, 0.29) is 12.5 Å². The van der Waals surface area contributed by atoms with E-state index >= 15 is 0 Å². The molecular formula is C18H20F3NO7S2. The number of ether oxygens (including phenoxy) is 1. The van der Waals surface area contributed by atoms with Gasteiger partial charge in [0.15, 0.2) is 11.5 Å². The summed E-state index contributed by atoms with van der Waals surface area (Å²) in [4.78, 5) is 12.1.